The Hall–Kier alpha value is -1.55. The molecule has 1 fully saturated rings. The van der Waals surface area contributed by atoms with Gasteiger partial charge in [-0.15, -0.1) is 0 Å². The number of nitrogens with zero attached hydrogens (tertiary/aromatic N) is 1. The van der Waals surface area contributed by atoms with Crippen LogP contribution in [0.3, 0.4) is 0 Å². The number of amides is 1. The molecule has 1 heterocycles. The molecule has 1 aliphatic heterocycles. The maximum atomic E-state index is 12.0. The number of hydrogen-bond acceptors (Lipinski definition) is 3. The van der Waals surface area contributed by atoms with E-state index in [-0.39, 0.29) is 12.2 Å². The van der Waals surface area contributed by atoms with Gasteiger partial charge in [-0.05, 0) is 50.7 Å². The van der Waals surface area contributed by atoms with Gasteiger partial charge in [0.2, 0.25) is 0 Å². The van der Waals surface area contributed by atoms with Crippen LogP contribution in [-0.4, -0.2) is 35.8 Å². The second-order valence-electron chi connectivity index (χ2n) is 7.87. The summed E-state index contributed by atoms with van der Waals surface area (Å²) in [5, 5.41) is 0. The van der Waals surface area contributed by atoms with Crippen molar-refractivity contribution in [3.05, 3.63) is 35.4 Å². The minimum atomic E-state index is -0.438. The summed E-state index contributed by atoms with van der Waals surface area (Å²) < 4.78 is 11.4. The van der Waals surface area contributed by atoms with Crippen molar-refractivity contribution in [2.45, 2.75) is 71.7 Å². The van der Waals surface area contributed by atoms with Crippen LogP contribution >= 0.6 is 0 Å². The van der Waals surface area contributed by atoms with Crippen LogP contribution in [0.5, 0.6) is 0 Å². The first-order valence-corrected chi connectivity index (χ1v) is 8.93. The van der Waals surface area contributed by atoms with Crippen molar-refractivity contribution >= 4 is 6.09 Å². The SMILES string of the molecule is CC(C)c1ccc(COC2CCN(C(=O)OC(C)(C)C)CC2)cc1. The smallest absolute Gasteiger partial charge is 0.410 e. The van der Waals surface area contributed by atoms with Crippen LogP contribution in [0.4, 0.5) is 4.79 Å². The molecule has 0 unspecified atom stereocenters. The van der Waals surface area contributed by atoms with Crippen molar-refractivity contribution in [2.75, 3.05) is 13.1 Å². The van der Waals surface area contributed by atoms with E-state index in [0.29, 0.717) is 25.6 Å². The molecule has 4 heteroatoms. The van der Waals surface area contributed by atoms with Gasteiger partial charge >= 0.3 is 6.09 Å². The van der Waals surface area contributed by atoms with E-state index < -0.39 is 5.60 Å². The fourth-order valence-electron chi connectivity index (χ4n) is 2.74. The summed E-state index contributed by atoms with van der Waals surface area (Å²) in [4.78, 5) is 13.8. The molecule has 0 spiro atoms. The molecular weight excluding hydrogens is 302 g/mol. The maximum absolute atomic E-state index is 12.0. The van der Waals surface area contributed by atoms with Crippen molar-refractivity contribution < 1.29 is 14.3 Å². The Morgan fingerprint density at radius 3 is 2.25 bits per heavy atom. The highest BCUT2D eigenvalue weighted by atomic mass is 16.6. The predicted molar refractivity (Wildman–Crippen MR) is 96.1 cm³/mol. The molecule has 0 bridgehead atoms. The number of ether oxygens (including phenoxy) is 2. The third kappa shape index (κ3) is 5.82. The van der Waals surface area contributed by atoms with Gasteiger partial charge < -0.3 is 14.4 Å². The fraction of sp³-hybridized carbons (Fsp3) is 0.650. The van der Waals surface area contributed by atoms with Crippen LogP contribution in [0.1, 0.15) is 64.5 Å². The molecule has 0 N–H and O–H groups in total. The van der Waals surface area contributed by atoms with Gasteiger partial charge in [-0.1, -0.05) is 38.1 Å². The van der Waals surface area contributed by atoms with Gasteiger partial charge in [-0.3, -0.25) is 0 Å². The minimum absolute atomic E-state index is 0.216. The lowest BCUT2D eigenvalue weighted by molar-refractivity contribution is -0.0170. The molecule has 1 saturated heterocycles. The lowest BCUT2D eigenvalue weighted by Crippen LogP contribution is -2.43. The van der Waals surface area contributed by atoms with E-state index in [0.717, 1.165) is 12.8 Å². The van der Waals surface area contributed by atoms with Crippen LogP contribution in [0.2, 0.25) is 0 Å². The second-order valence-corrected chi connectivity index (χ2v) is 7.87. The van der Waals surface area contributed by atoms with Crippen molar-refractivity contribution in [1.29, 1.82) is 0 Å². The van der Waals surface area contributed by atoms with E-state index in [9.17, 15) is 4.79 Å². The molecule has 2 rings (SSSR count). The van der Waals surface area contributed by atoms with Crippen molar-refractivity contribution in [3.8, 4) is 0 Å². The monoisotopic (exact) mass is 333 g/mol. The minimum Gasteiger partial charge on any atom is -0.444 e. The highest BCUT2D eigenvalue weighted by molar-refractivity contribution is 5.68. The van der Waals surface area contributed by atoms with Gasteiger partial charge in [0, 0.05) is 13.1 Å². The molecule has 0 aromatic heterocycles. The van der Waals surface area contributed by atoms with Gasteiger partial charge in [0.1, 0.15) is 5.60 Å². The number of likely N-dealkylation sites (tertiary alicyclic amines) is 1. The van der Waals surface area contributed by atoms with Crippen LogP contribution < -0.4 is 0 Å². The number of hydrogen-bond donors (Lipinski definition) is 0. The Labute approximate surface area is 146 Å². The molecule has 134 valence electrons. The van der Waals surface area contributed by atoms with E-state index in [1.54, 1.807) is 4.90 Å². The molecule has 0 aliphatic carbocycles. The van der Waals surface area contributed by atoms with E-state index in [1.165, 1.54) is 11.1 Å². The summed E-state index contributed by atoms with van der Waals surface area (Å²) in [5.74, 6) is 0.553. The standard InChI is InChI=1S/C20H31NO3/c1-15(2)17-8-6-16(7-9-17)14-23-18-10-12-21(13-11-18)19(22)24-20(3,4)5/h6-9,15,18H,10-14H2,1-5H3. The number of rotatable bonds is 4. The number of carbonyl (C=O) groups excluding carboxylic acids is 1. The molecule has 1 aromatic carbocycles. The van der Waals surface area contributed by atoms with Gasteiger partial charge in [-0.2, -0.15) is 0 Å². The van der Waals surface area contributed by atoms with Crippen LogP contribution in [0.25, 0.3) is 0 Å². The number of benzene rings is 1. The molecule has 0 atom stereocenters. The van der Waals surface area contributed by atoms with E-state index >= 15 is 0 Å². The summed E-state index contributed by atoms with van der Waals surface area (Å²) >= 11 is 0. The largest absolute Gasteiger partial charge is 0.444 e. The molecule has 1 amide bonds. The summed E-state index contributed by atoms with van der Waals surface area (Å²) in [6.07, 6.45) is 1.73. The van der Waals surface area contributed by atoms with Crippen LogP contribution in [-0.2, 0) is 16.1 Å². The second kappa shape index (κ2) is 8.02. The zero-order valence-electron chi connectivity index (χ0n) is 15.7. The van der Waals surface area contributed by atoms with Crippen molar-refractivity contribution in [1.82, 2.24) is 4.90 Å². The maximum Gasteiger partial charge on any atom is 0.410 e. The first kappa shape index (κ1) is 18.8. The number of carbonyl (C=O) groups is 1. The van der Waals surface area contributed by atoms with Crippen molar-refractivity contribution in [3.63, 3.8) is 0 Å². The van der Waals surface area contributed by atoms with E-state index in [4.69, 9.17) is 9.47 Å². The Morgan fingerprint density at radius 1 is 1.17 bits per heavy atom. The molecule has 1 aliphatic rings. The lowest BCUT2D eigenvalue weighted by Gasteiger charge is -2.33. The average molecular weight is 333 g/mol. The Morgan fingerprint density at radius 2 is 1.75 bits per heavy atom. The Kier molecular flexibility index (Phi) is 6.27. The predicted octanol–water partition coefficient (Wildman–Crippen LogP) is 4.73. The Bertz CT molecular complexity index is 523. The van der Waals surface area contributed by atoms with Crippen LogP contribution in [0, 0.1) is 0 Å². The first-order valence-electron chi connectivity index (χ1n) is 8.93. The van der Waals surface area contributed by atoms with Gasteiger partial charge in [-0.25, -0.2) is 4.79 Å². The average Bonchev–Trinajstić information content (AvgIpc) is 2.52. The third-order valence-electron chi connectivity index (χ3n) is 4.23. The van der Waals surface area contributed by atoms with Gasteiger partial charge in [0.15, 0.2) is 0 Å². The van der Waals surface area contributed by atoms with Crippen molar-refractivity contribution in [2.24, 2.45) is 0 Å². The summed E-state index contributed by atoms with van der Waals surface area (Å²) in [7, 11) is 0. The molecular formula is C20H31NO3. The Balaban J connectivity index is 1.74. The fourth-order valence-corrected chi connectivity index (χ4v) is 2.74. The van der Waals surface area contributed by atoms with Gasteiger partial charge in [0.05, 0.1) is 12.7 Å². The normalized spacial score (nSPS) is 16.5. The molecule has 4 nitrogen and oxygen atoms in total. The highest BCUT2D eigenvalue weighted by Gasteiger charge is 2.27. The molecule has 0 saturated carbocycles. The summed E-state index contributed by atoms with van der Waals surface area (Å²) in [5.41, 5.74) is 2.12. The molecule has 24 heavy (non-hydrogen) atoms. The number of piperidine rings is 1. The summed E-state index contributed by atoms with van der Waals surface area (Å²) in [6.45, 7) is 12.1. The van der Waals surface area contributed by atoms with Gasteiger partial charge in [0.25, 0.3) is 0 Å². The highest BCUT2D eigenvalue weighted by Crippen LogP contribution is 2.19. The zero-order chi connectivity index (χ0) is 17.7. The quantitative estimate of drug-likeness (QED) is 0.800. The topological polar surface area (TPSA) is 38.8 Å². The zero-order valence-corrected chi connectivity index (χ0v) is 15.7. The molecule has 0 radical (unpaired) electrons. The third-order valence-corrected chi connectivity index (χ3v) is 4.23. The molecule has 1 aromatic rings. The summed E-state index contributed by atoms with van der Waals surface area (Å²) in [6, 6.07) is 8.64. The van der Waals surface area contributed by atoms with Crippen LogP contribution in [0.15, 0.2) is 24.3 Å². The van der Waals surface area contributed by atoms with E-state index in [1.807, 2.05) is 20.8 Å². The lowest BCUT2D eigenvalue weighted by atomic mass is 10.0. The first-order chi connectivity index (χ1) is 11.2. The van der Waals surface area contributed by atoms with E-state index in [2.05, 4.69) is 38.1 Å².